The minimum Gasteiger partial charge on any atom is -0.457 e. The summed E-state index contributed by atoms with van der Waals surface area (Å²) in [4.78, 5) is 12.0. The van der Waals surface area contributed by atoms with E-state index in [1.54, 1.807) is 36.4 Å². The molecular formula is C23H21N3O3. The molecule has 0 saturated carbocycles. The maximum absolute atomic E-state index is 12.0. The number of nitrogens with one attached hydrogen (secondary N) is 1. The molecule has 0 bridgehead atoms. The van der Waals surface area contributed by atoms with Crippen LogP contribution in [0.5, 0.6) is 11.5 Å². The smallest absolute Gasteiger partial charge is 0.246 e. The predicted molar refractivity (Wildman–Crippen MR) is 111 cm³/mol. The summed E-state index contributed by atoms with van der Waals surface area (Å²) in [7, 11) is 0. The number of amides is 1. The first kappa shape index (κ1) is 20.1. The lowest BCUT2D eigenvalue weighted by Crippen LogP contribution is -2.51. The van der Waals surface area contributed by atoms with Gasteiger partial charge in [-0.2, -0.15) is 5.26 Å². The van der Waals surface area contributed by atoms with Crippen molar-refractivity contribution >= 4 is 11.6 Å². The first-order valence-electron chi connectivity index (χ1n) is 9.01. The van der Waals surface area contributed by atoms with Crippen LogP contribution in [0, 0.1) is 11.3 Å². The van der Waals surface area contributed by atoms with Crippen molar-refractivity contribution in [3.63, 3.8) is 0 Å². The van der Waals surface area contributed by atoms with Crippen molar-refractivity contribution < 1.29 is 14.6 Å². The molecule has 3 aromatic rings. The molecular weight excluding hydrogens is 366 g/mol. The molecule has 6 nitrogen and oxygen atoms in total. The highest BCUT2D eigenvalue weighted by Gasteiger charge is 2.27. The molecule has 0 spiro atoms. The van der Waals surface area contributed by atoms with E-state index in [-0.39, 0.29) is 0 Å². The van der Waals surface area contributed by atoms with E-state index in [0.717, 1.165) is 11.1 Å². The molecule has 1 amide bonds. The number of carbonyl (C=O) groups is 1. The van der Waals surface area contributed by atoms with Gasteiger partial charge in [0.15, 0.2) is 0 Å². The second-order valence-corrected chi connectivity index (χ2v) is 6.87. The summed E-state index contributed by atoms with van der Waals surface area (Å²) in [5.41, 5.74) is 7.59. The molecule has 0 aliphatic heterocycles. The average Bonchev–Trinajstić information content (AvgIpc) is 2.75. The molecule has 0 heterocycles. The molecule has 4 N–H and O–H groups in total. The van der Waals surface area contributed by atoms with Crippen LogP contribution in [0.15, 0.2) is 72.8 Å². The summed E-state index contributed by atoms with van der Waals surface area (Å²) >= 11 is 0. The molecule has 0 aliphatic rings. The maximum atomic E-state index is 12.0. The Labute approximate surface area is 169 Å². The highest BCUT2D eigenvalue weighted by atomic mass is 16.5. The lowest BCUT2D eigenvalue weighted by Gasteiger charge is -2.20. The van der Waals surface area contributed by atoms with Crippen LogP contribution in [-0.4, -0.2) is 23.2 Å². The van der Waals surface area contributed by atoms with Crippen LogP contribution in [0.2, 0.25) is 0 Å². The summed E-state index contributed by atoms with van der Waals surface area (Å²) in [5, 5.41) is 20.7. The summed E-state index contributed by atoms with van der Waals surface area (Å²) in [5.74, 6) is 0.827. The Hall–Kier alpha value is -3.66. The number of aliphatic hydroxyl groups excluding tert-OH is 1. The molecule has 3 aromatic carbocycles. The van der Waals surface area contributed by atoms with E-state index in [1.165, 1.54) is 6.92 Å². The van der Waals surface area contributed by atoms with E-state index >= 15 is 0 Å². The number of benzene rings is 3. The lowest BCUT2D eigenvalue weighted by molar-refractivity contribution is -0.121. The standard InChI is InChI=1S/C23H21N3O3/c1-23(25,15-27)22(28)26-19-8-12-21(13-9-19)29-20-10-6-18(7-11-20)17-4-2-16(14-24)3-5-17/h2-13,27H,15,25H2,1H3,(H,26,28)/t23-/m1/s1. The Bertz CT molecular complexity index is 1020. The molecule has 0 fully saturated rings. The van der Waals surface area contributed by atoms with Crippen LogP contribution in [0.1, 0.15) is 12.5 Å². The molecule has 0 saturated heterocycles. The van der Waals surface area contributed by atoms with Gasteiger partial charge in [-0.3, -0.25) is 4.79 Å². The van der Waals surface area contributed by atoms with Crippen molar-refractivity contribution in [2.24, 2.45) is 5.73 Å². The van der Waals surface area contributed by atoms with Crippen LogP contribution in [0.4, 0.5) is 5.69 Å². The Kier molecular flexibility index (Phi) is 5.93. The van der Waals surface area contributed by atoms with E-state index in [9.17, 15) is 4.79 Å². The number of rotatable bonds is 6. The summed E-state index contributed by atoms with van der Waals surface area (Å²) in [6.07, 6.45) is 0. The van der Waals surface area contributed by atoms with Crippen LogP contribution in [-0.2, 0) is 4.79 Å². The Morgan fingerprint density at radius 2 is 1.48 bits per heavy atom. The Morgan fingerprint density at radius 1 is 1.00 bits per heavy atom. The number of anilines is 1. The molecule has 1 atom stereocenters. The highest BCUT2D eigenvalue weighted by molar-refractivity contribution is 5.97. The van der Waals surface area contributed by atoms with Crippen molar-refractivity contribution in [2.45, 2.75) is 12.5 Å². The van der Waals surface area contributed by atoms with Gasteiger partial charge in [-0.05, 0) is 66.6 Å². The number of nitrogens with two attached hydrogens (primary N) is 1. The third kappa shape index (κ3) is 4.99. The van der Waals surface area contributed by atoms with E-state index in [2.05, 4.69) is 11.4 Å². The molecule has 0 unspecified atom stereocenters. The van der Waals surface area contributed by atoms with Gasteiger partial charge in [0.2, 0.25) is 5.91 Å². The predicted octanol–water partition coefficient (Wildman–Crippen LogP) is 3.67. The number of ether oxygens (including phenoxy) is 1. The second kappa shape index (κ2) is 8.57. The first-order valence-corrected chi connectivity index (χ1v) is 9.01. The fourth-order valence-corrected chi connectivity index (χ4v) is 2.54. The van der Waals surface area contributed by atoms with Crippen LogP contribution < -0.4 is 15.8 Å². The molecule has 29 heavy (non-hydrogen) atoms. The zero-order valence-corrected chi connectivity index (χ0v) is 15.9. The van der Waals surface area contributed by atoms with Gasteiger partial charge in [0, 0.05) is 5.69 Å². The van der Waals surface area contributed by atoms with E-state index in [1.807, 2.05) is 36.4 Å². The summed E-state index contributed by atoms with van der Waals surface area (Å²) < 4.78 is 5.83. The monoisotopic (exact) mass is 387 g/mol. The number of nitriles is 1. The minimum atomic E-state index is -1.34. The van der Waals surface area contributed by atoms with Gasteiger partial charge in [0.05, 0.1) is 18.2 Å². The average molecular weight is 387 g/mol. The SMILES string of the molecule is C[C@@](N)(CO)C(=O)Nc1ccc(Oc2ccc(-c3ccc(C#N)cc3)cc2)cc1. The molecule has 6 heteroatoms. The van der Waals surface area contributed by atoms with E-state index < -0.39 is 18.1 Å². The molecule has 3 rings (SSSR count). The van der Waals surface area contributed by atoms with Gasteiger partial charge in [-0.1, -0.05) is 24.3 Å². The van der Waals surface area contributed by atoms with Crippen molar-refractivity contribution in [3.8, 4) is 28.7 Å². The third-order valence-electron chi connectivity index (χ3n) is 4.40. The van der Waals surface area contributed by atoms with Gasteiger partial charge >= 0.3 is 0 Å². The van der Waals surface area contributed by atoms with Gasteiger partial charge in [0.1, 0.15) is 17.0 Å². The number of hydrogen-bond acceptors (Lipinski definition) is 5. The topological polar surface area (TPSA) is 108 Å². The number of carbonyl (C=O) groups excluding carboxylic acids is 1. The molecule has 0 radical (unpaired) electrons. The van der Waals surface area contributed by atoms with E-state index in [0.29, 0.717) is 22.7 Å². The van der Waals surface area contributed by atoms with Crippen molar-refractivity contribution in [1.82, 2.24) is 0 Å². The van der Waals surface area contributed by atoms with Crippen molar-refractivity contribution in [1.29, 1.82) is 5.26 Å². The Morgan fingerprint density at radius 3 is 1.97 bits per heavy atom. The number of hydrogen-bond donors (Lipinski definition) is 3. The van der Waals surface area contributed by atoms with Gasteiger partial charge in [0.25, 0.3) is 0 Å². The number of aliphatic hydroxyl groups is 1. The van der Waals surface area contributed by atoms with Gasteiger partial charge in [-0.15, -0.1) is 0 Å². The minimum absolute atomic E-state index is 0.446. The zero-order chi connectivity index (χ0) is 20.9. The van der Waals surface area contributed by atoms with Crippen molar-refractivity contribution in [3.05, 3.63) is 78.4 Å². The summed E-state index contributed by atoms with van der Waals surface area (Å²) in [6.45, 7) is 1.01. The van der Waals surface area contributed by atoms with Crippen molar-refractivity contribution in [2.75, 3.05) is 11.9 Å². The lowest BCUT2D eigenvalue weighted by atomic mass is 10.0. The molecule has 0 aromatic heterocycles. The van der Waals surface area contributed by atoms with Crippen LogP contribution in [0.25, 0.3) is 11.1 Å². The Balaban J connectivity index is 1.64. The highest BCUT2D eigenvalue weighted by Crippen LogP contribution is 2.27. The number of nitrogens with zero attached hydrogens (tertiary/aromatic N) is 1. The fraction of sp³-hybridized carbons (Fsp3) is 0.130. The van der Waals surface area contributed by atoms with Crippen LogP contribution >= 0.6 is 0 Å². The van der Waals surface area contributed by atoms with Gasteiger partial charge < -0.3 is 20.9 Å². The van der Waals surface area contributed by atoms with Crippen LogP contribution in [0.3, 0.4) is 0 Å². The molecule has 0 aliphatic carbocycles. The van der Waals surface area contributed by atoms with E-state index in [4.69, 9.17) is 20.8 Å². The largest absolute Gasteiger partial charge is 0.457 e. The zero-order valence-electron chi connectivity index (χ0n) is 15.9. The third-order valence-corrected chi connectivity index (χ3v) is 4.40. The quantitative estimate of drug-likeness (QED) is 0.598. The first-order chi connectivity index (χ1) is 13.9. The second-order valence-electron chi connectivity index (χ2n) is 6.87. The fourth-order valence-electron chi connectivity index (χ4n) is 2.54. The van der Waals surface area contributed by atoms with Gasteiger partial charge in [-0.25, -0.2) is 0 Å². The maximum Gasteiger partial charge on any atom is 0.246 e. The molecule has 146 valence electrons. The summed E-state index contributed by atoms with van der Waals surface area (Å²) in [6, 6.07) is 24.0. The normalized spacial score (nSPS) is 12.5.